The number of nitrogens with zero attached hydrogens (tertiary/aromatic N) is 2. The van der Waals surface area contributed by atoms with E-state index in [1.165, 1.54) is 6.20 Å². The van der Waals surface area contributed by atoms with Crippen LogP contribution < -0.4 is 0 Å². The lowest BCUT2D eigenvalue weighted by molar-refractivity contribution is -0.138. The van der Waals surface area contributed by atoms with E-state index >= 15 is 0 Å². The van der Waals surface area contributed by atoms with Crippen LogP contribution in [0.4, 0.5) is 0 Å². The molecule has 0 radical (unpaired) electrons. The zero-order chi connectivity index (χ0) is 13.1. The number of rotatable bonds is 3. The number of aryl methyl sites for hydroxylation is 1. The van der Waals surface area contributed by atoms with Crippen LogP contribution >= 0.6 is 0 Å². The van der Waals surface area contributed by atoms with E-state index < -0.39 is 5.97 Å². The van der Waals surface area contributed by atoms with Gasteiger partial charge in [-0.25, -0.2) is 0 Å². The van der Waals surface area contributed by atoms with Crippen LogP contribution in [-0.2, 0) is 4.79 Å². The first kappa shape index (κ1) is 12.6. The first-order valence-corrected chi connectivity index (χ1v) is 6.09. The van der Waals surface area contributed by atoms with Gasteiger partial charge in [-0.1, -0.05) is 0 Å². The molecule has 0 saturated carbocycles. The van der Waals surface area contributed by atoms with Crippen molar-refractivity contribution in [3.8, 4) is 0 Å². The van der Waals surface area contributed by atoms with Crippen molar-refractivity contribution in [3.05, 3.63) is 17.5 Å². The van der Waals surface area contributed by atoms with Gasteiger partial charge >= 0.3 is 5.97 Å². The Kier molecular flexibility index (Phi) is 3.64. The van der Waals surface area contributed by atoms with Gasteiger partial charge in [-0.2, -0.15) is 5.10 Å². The van der Waals surface area contributed by atoms with E-state index in [1.54, 1.807) is 11.8 Å². The summed E-state index contributed by atoms with van der Waals surface area (Å²) in [7, 11) is 0. The van der Waals surface area contributed by atoms with Gasteiger partial charge < -0.3 is 10.0 Å². The predicted octanol–water partition coefficient (Wildman–Crippen LogP) is 1.05. The second kappa shape index (κ2) is 5.20. The van der Waals surface area contributed by atoms with Crippen molar-refractivity contribution in [2.75, 3.05) is 13.1 Å². The molecule has 0 aromatic carbocycles. The molecule has 1 amide bonds. The maximum Gasteiger partial charge on any atom is 0.303 e. The largest absolute Gasteiger partial charge is 0.481 e. The molecule has 2 N–H and O–H groups in total. The number of aromatic nitrogens is 2. The Morgan fingerprint density at radius 2 is 2.39 bits per heavy atom. The van der Waals surface area contributed by atoms with Crippen molar-refractivity contribution in [2.45, 2.75) is 26.2 Å². The van der Waals surface area contributed by atoms with Crippen LogP contribution in [0.25, 0.3) is 0 Å². The molecule has 2 heterocycles. The van der Waals surface area contributed by atoms with Crippen LogP contribution in [0.5, 0.6) is 0 Å². The number of hydrogen-bond acceptors (Lipinski definition) is 3. The standard InChI is InChI=1S/C12H17N3O3/c1-8-10(6-13-14-8)12(18)15-4-2-3-9(7-15)5-11(16)17/h6,9H,2-5,7H2,1H3,(H,13,14)(H,16,17). The van der Waals surface area contributed by atoms with Crippen LogP contribution in [0.15, 0.2) is 6.20 Å². The lowest BCUT2D eigenvalue weighted by atomic mass is 9.94. The molecule has 0 aliphatic carbocycles. The predicted molar refractivity (Wildman–Crippen MR) is 64.2 cm³/mol. The Morgan fingerprint density at radius 1 is 1.61 bits per heavy atom. The Balaban J connectivity index is 2.03. The van der Waals surface area contributed by atoms with Crippen molar-refractivity contribution < 1.29 is 14.7 Å². The number of carboxylic acids is 1. The van der Waals surface area contributed by atoms with Crippen LogP contribution in [0, 0.1) is 12.8 Å². The molecule has 1 fully saturated rings. The van der Waals surface area contributed by atoms with Gasteiger partial charge in [0.2, 0.25) is 0 Å². The van der Waals surface area contributed by atoms with Crippen LogP contribution in [0.2, 0.25) is 0 Å². The number of carboxylic acid groups (broad SMARTS) is 1. The Bertz CT molecular complexity index is 455. The van der Waals surface area contributed by atoms with Crippen molar-refractivity contribution in [3.63, 3.8) is 0 Å². The molecule has 1 aliphatic rings. The summed E-state index contributed by atoms with van der Waals surface area (Å²) in [6.07, 6.45) is 3.40. The molecule has 1 aliphatic heterocycles. The molecule has 6 nitrogen and oxygen atoms in total. The molecule has 0 bridgehead atoms. The summed E-state index contributed by atoms with van der Waals surface area (Å²) in [5, 5.41) is 15.4. The molecule has 0 spiro atoms. The summed E-state index contributed by atoms with van der Waals surface area (Å²) >= 11 is 0. The fourth-order valence-corrected chi connectivity index (χ4v) is 2.40. The van der Waals surface area contributed by atoms with Crippen LogP contribution in [0.3, 0.4) is 0 Å². The van der Waals surface area contributed by atoms with Crippen molar-refractivity contribution in [1.82, 2.24) is 15.1 Å². The molecule has 18 heavy (non-hydrogen) atoms. The molecular formula is C12H17N3O3. The van der Waals surface area contributed by atoms with Gasteiger partial charge in [0.15, 0.2) is 0 Å². The fourth-order valence-electron chi connectivity index (χ4n) is 2.40. The summed E-state index contributed by atoms with van der Waals surface area (Å²) in [5.74, 6) is -0.794. The number of nitrogens with one attached hydrogen (secondary N) is 1. The highest BCUT2D eigenvalue weighted by Gasteiger charge is 2.27. The second-order valence-corrected chi connectivity index (χ2v) is 4.77. The van der Waals surface area contributed by atoms with Gasteiger partial charge in [0.05, 0.1) is 11.8 Å². The maximum atomic E-state index is 12.2. The molecule has 1 saturated heterocycles. The zero-order valence-corrected chi connectivity index (χ0v) is 10.3. The Hall–Kier alpha value is -1.85. The molecule has 1 unspecified atom stereocenters. The van der Waals surface area contributed by atoms with E-state index in [0.29, 0.717) is 18.7 Å². The normalized spacial score (nSPS) is 19.8. The first-order valence-electron chi connectivity index (χ1n) is 6.09. The molecule has 98 valence electrons. The lowest BCUT2D eigenvalue weighted by Crippen LogP contribution is -2.40. The zero-order valence-electron chi connectivity index (χ0n) is 10.3. The Labute approximate surface area is 105 Å². The summed E-state index contributed by atoms with van der Waals surface area (Å²) in [6, 6.07) is 0. The lowest BCUT2D eigenvalue weighted by Gasteiger charge is -2.32. The fraction of sp³-hybridized carbons (Fsp3) is 0.583. The molecular weight excluding hydrogens is 234 g/mol. The minimum Gasteiger partial charge on any atom is -0.481 e. The van der Waals surface area contributed by atoms with E-state index in [0.717, 1.165) is 18.5 Å². The third-order valence-electron chi connectivity index (χ3n) is 3.33. The molecule has 2 rings (SSSR count). The van der Waals surface area contributed by atoms with E-state index in [4.69, 9.17) is 5.11 Å². The van der Waals surface area contributed by atoms with Crippen LogP contribution in [-0.4, -0.2) is 45.2 Å². The van der Waals surface area contributed by atoms with E-state index in [-0.39, 0.29) is 18.2 Å². The number of carbonyl (C=O) groups is 2. The number of carbonyl (C=O) groups excluding carboxylic acids is 1. The van der Waals surface area contributed by atoms with Gasteiger partial charge in [0, 0.05) is 25.2 Å². The molecule has 1 aromatic heterocycles. The molecule has 6 heteroatoms. The number of aliphatic carboxylic acids is 1. The first-order chi connectivity index (χ1) is 8.58. The topological polar surface area (TPSA) is 86.3 Å². The van der Waals surface area contributed by atoms with E-state index in [9.17, 15) is 9.59 Å². The highest BCUT2D eigenvalue weighted by atomic mass is 16.4. The van der Waals surface area contributed by atoms with E-state index in [1.807, 2.05) is 0 Å². The maximum absolute atomic E-state index is 12.2. The molecule has 1 atom stereocenters. The van der Waals surface area contributed by atoms with Crippen molar-refractivity contribution >= 4 is 11.9 Å². The number of likely N-dealkylation sites (tertiary alicyclic amines) is 1. The third kappa shape index (κ3) is 2.69. The average Bonchev–Trinajstić information content (AvgIpc) is 2.74. The van der Waals surface area contributed by atoms with Gasteiger partial charge in [0.1, 0.15) is 0 Å². The number of H-pyrrole nitrogens is 1. The van der Waals surface area contributed by atoms with Gasteiger partial charge in [-0.15, -0.1) is 0 Å². The summed E-state index contributed by atoms with van der Waals surface area (Å²) in [4.78, 5) is 24.7. The highest BCUT2D eigenvalue weighted by Crippen LogP contribution is 2.21. The van der Waals surface area contributed by atoms with E-state index in [2.05, 4.69) is 10.2 Å². The number of hydrogen-bond donors (Lipinski definition) is 2. The van der Waals surface area contributed by atoms with Gasteiger partial charge in [-0.3, -0.25) is 14.7 Å². The smallest absolute Gasteiger partial charge is 0.303 e. The number of amides is 1. The average molecular weight is 251 g/mol. The monoisotopic (exact) mass is 251 g/mol. The van der Waals surface area contributed by atoms with Gasteiger partial charge in [0.25, 0.3) is 5.91 Å². The minimum absolute atomic E-state index is 0.0589. The number of piperidine rings is 1. The van der Waals surface area contributed by atoms with Gasteiger partial charge in [-0.05, 0) is 25.7 Å². The summed E-state index contributed by atoms with van der Waals surface area (Å²) in [5.41, 5.74) is 1.33. The van der Waals surface area contributed by atoms with Crippen LogP contribution in [0.1, 0.15) is 35.3 Å². The molecule has 1 aromatic rings. The van der Waals surface area contributed by atoms with Crippen molar-refractivity contribution in [2.24, 2.45) is 5.92 Å². The summed E-state index contributed by atoms with van der Waals surface area (Å²) < 4.78 is 0. The quantitative estimate of drug-likeness (QED) is 0.840. The Morgan fingerprint density at radius 3 is 3.00 bits per heavy atom. The highest BCUT2D eigenvalue weighted by molar-refractivity contribution is 5.95. The summed E-state index contributed by atoms with van der Waals surface area (Å²) in [6.45, 7) is 3.02. The SMILES string of the molecule is Cc1[nH]ncc1C(=O)N1CCCC(CC(=O)O)C1. The van der Waals surface area contributed by atoms with Crippen molar-refractivity contribution in [1.29, 1.82) is 0 Å². The second-order valence-electron chi connectivity index (χ2n) is 4.77. The minimum atomic E-state index is -0.797. The third-order valence-corrected chi connectivity index (χ3v) is 3.33. The number of aromatic amines is 1.